The second-order valence-corrected chi connectivity index (χ2v) is 6.93. The lowest BCUT2D eigenvalue weighted by molar-refractivity contribution is 0.628. The molecule has 0 radical (unpaired) electrons. The Morgan fingerprint density at radius 2 is 1.76 bits per heavy atom. The van der Waals surface area contributed by atoms with Gasteiger partial charge in [0.2, 0.25) is 0 Å². The molecule has 0 aliphatic rings. The summed E-state index contributed by atoms with van der Waals surface area (Å²) in [5, 5.41) is 4.65. The van der Waals surface area contributed by atoms with Gasteiger partial charge in [-0.15, -0.1) is 0 Å². The summed E-state index contributed by atoms with van der Waals surface area (Å²) in [4.78, 5) is 22.0. The Morgan fingerprint density at radius 1 is 1.00 bits per heavy atom. The van der Waals surface area contributed by atoms with Crippen LogP contribution in [0.25, 0.3) is 27.9 Å². The first-order valence-electron chi connectivity index (χ1n) is 9.14. The van der Waals surface area contributed by atoms with E-state index < -0.39 is 0 Å². The van der Waals surface area contributed by atoms with Crippen molar-refractivity contribution in [1.82, 2.24) is 24.1 Å². The van der Waals surface area contributed by atoms with Crippen LogP contribution in [0.15, 0.2) is 71.9 Å². The van der Waals surface area contributed by atoms with Crippen LogP contribution in [0.5, 0.6) is 0 Å². The van der Waals surface area contributed by atoms with Gasteiger partial charge in [-0.3, -0.25) is 4.79 Å². The van der Waals surface area contributed by atoms with Gasteiger partial charge in [0.15, 0.2) is 0 Å². The van der Waals surface area contributed by atoms with Crippen molar-refractivity contribution in [2.24, 2.45) is 0 Å². The Kier molecular flexibility index (Phi) is 3.94. The van der Waals surface area contributed by atoms with Gasteiger partial charge >= 0.3 is 0 Å². The number of benzene rings is 2. The van der Waals surface area contributed by atoms with Crippen LogP contribution >= 0.6 is 0 Å². The smallest absolute Gasteiger partial charge is 0.262 e. The SMILES string of the molecule is Cc1ccc(Cn2ccc3nc4ncnn4c(-c4ccc(F)cc4)c3c2=O)cc1. The van der Waals surface area contributed by atoms with Crippen molar-refractivity contribution in [2.45, 2.75) is 13.5 Å². The van der Waals surface area contributed by atoms with Crippen molar-refractivity contribution < 1.29 is 4.39 Å². The molecule has 0 aliphatic carbocycles. The fourth-order valence-electron chi connectivity index (χ4n) is 3.45. The molecule has 5 rings (SSSR count). The number of halogens is 1. The zero-order valence-electron chi connectivity index (χ0n) is 15.6. The molecule has 2 aromatic carbocycles. The second-order valence-electron chi connectivity index (χ2n) is 6.93. The van der Waals surface area contributed by atoms with Crippen molar-refractivity contribution in [2.75, 3.05) is 0 Å². The van der Waals surface area contributed by atoms with E-state index in [-0.39, 0.29) is 11.4 Å². The molecule has 0 saturated heterocycles. The Labute approximate surface area is 164 Å². The van der Waals surface area contributed by atoms with Crippen LogP contribution in [-0.2, 0) is 6.54 Å². The average Bonchev–Trinajstić information content (AvgIpc) is 3.19. The quantitative estimate of drug-likeness (QED) is 0.476. The molecule has 0 saturated carbocycles. The van der Waals surface area contributed by atoms with Gasteiger partial charge in [-0.1, -0.05) is 29.8 Å². The predicted molar refractivity (Wildman–Crippen MR) is 108 cm³/mol. The van der Waals surface area contributed by atoms with E-state index in [0.717, 1.165) is 11.1 Å². The summed E-state index contributed by atoms with van der Waals surface area (Å²) in [7, 11) is 0. The summed E-state index contributed by atoms with van der Waals surface area (Å²) >= 11 is 0. The maximum atomic E-state index is 13.5. The number of nitrogens with zero attached hydrogens (tertiary/aromatic N) is 5. The average molecular weight is 385 g/mol. The summed E-state index contributed by atoms with van der Waals surface area (Å²) in [6, 6.07) is 15.8. The normalized spacial score (nSPS) is 11.4. The third kappa shape index (κ3) is 2.97. The van der Waals surface area contributed by atoms with Crippen LogP contribution < -0.4 is 5.56 Å². The Bertz CT molecular complexity index is 1400. The highest BCUT2D eigenvalue weighted by molar-refractivity contribution is 5.93. The summed E-state index contributed by atoms with van der Waals surface area (Å²) in [5.74, 6) is 0.0336. The van der Waals surface area contributed by atoms with E-state index in [1.165, 1.54) is 23.0 Å². The molecule has 3 aromatic heterocycles. The van der Waals surface area contributed by atoms with Gasteiger partial charge in [0.05, 0.1) is 23.1 Å². The Balaban J connectivity index is 1.77. The van der Waals surface area contributed by atoms with Crippen molar-refractivity contribution in [3.63, 3.8) is 0 Å². The summed E-state index contributed by atoms with van der Waals surface area (Å²) in [6.45, 7) is 2.46. The molecule has 6 nitrogen and oxygen atoms in total. The minimum absolute atomic E-state index is 0.188. The molecule has 5 aromatic rings. The summed E-state index contributed by atoms with van der Waals surface area (Å²) < 4.78 is 16.6. The van der Waals surface area contributed by atoms with Gasteiger partial charge < -0.3 is 4.57 Å². The van der Waals surface area contributed by atoms with Crippen LogP contribution in [-0.4, -0.2) is 24.1 Å². The molecule has 0 amide bonds. The van der Waals surface area contributed by atoms with Crippen molar-refractivity contribution >= 4 is 16.7 Å². The molecule has 3 heterocycles. The summed E-state index contributed by atoms with van der Waals surface area (Å²) in [5.41, 5.74) is 3.73. The number of fused-ring (bicyclic) bond motifs is 2. The number of rotatable bonds is 3. The van der Waals surface area contributed by atoms with Crippen LogP contribution in [0, 0.1) is 12.7 Å². The fraction of sp³-hybridized carbons (Fsp3) is 0.0909. The van der Waals surface area contributed by atoms with Gasteiger partial charge in [-0.2, -0.15) is 14.6 Å². The second kappa shape index (κ2) is 6.63. The molecular formula is C22H16FN5O. The molecule has 0 aliphatic heterocycles. The highest BCUT2D eigenvalue weighted by Crippen LogP contribution is 2.26. The first-order chi connectivity index (χ1) is 14.1. The van der Waals surface area contributed by atoms with Gasteiger partial charge in [0.1, 0.15) is 12.1 Å². The number of pyridine rings is 1. The van der Waals surface area contributed by atoms with Gasteiger partial charge in [-0.25, -0.2) is 9.37 Å². The molecule has 0 fully saturated rings. The summed E-state index contributed by atoms with van der Waals surface area (Å²) in [6.07, 6.45) is 3.12. The molecule has 142 valence electrons. The maximum absolute atomic E-state index is 13.5. The molecule has 0 unspecified atom stereocenters. The van der Waals surface area contributed by atoms with Crippen LogP contribution in [0.1, 0.15) is 11.1 Å². The molecule has 0 bridgehead atoms. The lowest BCUT2D eigenvalue weighted by Crippen LogP contribution is -2.22. The lowest BCUT2D eigenvalue weighted by atomic mass is 10.1. The molecule has 0 atom stereocenters. The Morgan fingerprint density at radius 3 is 2.52 bits per heavy atom. The minimum atomic E-state index is -0.348. The maximum Gasteiger partial charge on any atom is 0.262 e. The van der Waals surface area contributed by atoms with E-state index in [9.17, 15) is 9.18 Å². The van der Waals surface area contributed by atoms with Crippen LogP contribution in [0.2, 0.25) is 0 Å². The van der Waals surface area contributed by atoms with E-state index in [2.05, 4.69) is 15.1 Å². The first-order valence-corrected chi connectivity index (χ1v) is 9.14. The third-order valence-corrected chi connectivity index (χ3v) is 4.93. The first kappa shape index (κ1) is 17.2. The van der Waals surface area contributed by atoms with Gasteiger partial charge in [0.25, 0.3) is 11.3 Å². The molecular weight excluding hydrogens is 369 g/mol. The topological polar surface area (TPSA) is 65.1 Å². The predicted octanol–water partition coefficient (Wildman–Crippen LogP) is 3.60. The number of hydrogen-bond donors (Lipinski definition) is 0. The molecule has 0 N–H and O–H groups in total. The fourth-order valence-corrected chi connectivity index (χ4v) is 3.45. The largest absolute Gasteiger partial charge is 0.310 e. The van der Waals surface area contributed by atoms with E-state index in [1.54, 1.807) is 29.0 Å². The highest BCUT2D eigenvalue weighted by atomic mass is 19.1. The Hall–Kier alpha value is -3.87. The van der Waals surface area contributed by atoms with E-state index in [4.69, 9.17) is 0 Å². The number of hydrogen-bond acceptors (Lipinski definition) is 4. The molecule has 7 heteroatoms. The van der Waals surface area contributed by atoms with E-state index in [0.29, 0.717) is 34.5 Å². The lowest BCUT2D eigenvalue weighted by Gasteiger charge is -2.12. The molecule has 0 spiro atoms. The van der Waals surface area contributed by atoms with Crippen molar-refractivity contribution in [3.05, 3.63) is 94.4 Å². The van der Waals surface area contributed by atoms with Gasteiger partial charge in [-0.05, 0) is 42.8 Å². The zero-order chi connectivity index (χ0) is 20.0. The highest BCUT2D eigenvalue weighted by Gasteiger charge is 2.17. The van der Waals surface area contributed by atoms with Crippen LogP contribution in [0.4, 0.5) is 4.39 Å². The number of aryl methyl sites for hydroxylation is 1. The molecule has 29 heavy (non-hydrogen) atoms. The zero-order valence-corrected chi connectivity index (χ0v) is 15.6. The van der Waals surface area contributed by atoms with E-state index >= 15 is 0 Å². The minimum Gasteiger partial charge on any atom is -0.310 e. The third-order valence-electron chi connectivity index (χ3n) is 4.93. The van der Waals surface area contributed by atoms with Crippen molar-refractivity contribution in [1.29, 1.82) is 0 Å². The van der Waals surface area contributed by atoms with E-state index in [1.807, 2.05) is 31.2 Å². The van der Waals surface area contributed by atoms with Crippen molar-refractivity contribution in [3.8, 4) is 11.3 Å². The number of aromatic nitrogens is 5. The standard InChI is InChI=1S/C22H16FN5O/c1-14-2-4-15(5-3-14)12-27-11-10-18-19(21(27)29)20(16-6-8-17(23)9-7-16)28-22(26-18)24-13-25-28/h2-11,13H,12H2,1H3. The monoisotopic (exact) mass is 385 g/mol. The van der Waals surface area contributed by atoms with Gasteiger partial charge in [0, 0.05) is 11.8 Å². The van der Waals surface area contributed by atoms with Crippen LogP contribution in [0.3, 0.4) is 0 Å².